The number of hydrogen-bond donors (Lipinski definition) is 1. The van der Waals surface area contributed by atoms with E-state index in [1.807, 2.05) is 19.1 Å². The van der Waals surface area contributed by atoms with Crippen molar-refractivity contribution in [3.05, 3.63) is 40.2 Å². The van der Waals surface area contributed by atoms with E-state index >= 15 is 0 Å². The Bertz CT molecular complexity index is 789. The number of nitrogens with zero attached hydrogens (tertiary/aromatic N) is 2. The first-order valence-corrected chi connectivity index (χ1v) is 5.27. The molecular weight excluding hydrogens is 234 g/mol. The second kappa shape index (κ2) is 3.69. The third-order valence-electron chi connectivity index (χ3n) is 2.57. The van der Waals surface area contributed by atoms with E-state index in [0.29, 0.717) is 11.1 Å². The van der Waals surface area contributed by atoms with Crippen LogP contribution in [0.15, 0.2) is 37.9 Å². The molecule has 0 aliphatic carbocycles. The number of nitrogen functional groups attached to an aromatic ring is 1. The van der Waals surface area contributed by atoms with Crippen molar-refractivity contribution < 1.29 is 8.83 Å². The molecule has 3 aromatic rings. The van der Waals surface area contributed by atoms with E-state index in [1.54, 1.807) is 6.07 Å². The van der Waals surface area contributed by atoms with Gasteiger partial charge in [-0.1, -0.05) is 16.7 Å². The fourth-order valence-corrected chi connectivity index (χ4v) is 1.80. The van der Waals surface area contributed by atoms with Gasteiger partial charge in [-0.2, -0.15) is 0 Å². The number of benzene rings is 1. The van der Waals surface area contributed by atoms with Crippen molar-refractivity contribution in [3.63, 3.8) is 0 Å². The van der Waals surface area contributed by atoms with Crippen LogP contribution in [0, 0.1) is 6.92 Å². The van der Waals surface area contributed by atoms with Gasteiger partial charge in [-0.05, 0) is 19.1 Å². The standard InChI is InChI=1S/C12H9N3O3/c1-6-2-3-9-7(4-6)8(5-10(16)17-9)11-14-15-12(13)18-11/h2-5H,1H3,(H2,13,15). The van der Waals surface area contributed by atoms with Crippen LogP contribution in [0.4, 0.5) is 6.01 Å². The maximum Gasteiger partial charge on any atom is 0.337 e. The molecule has 1 aromatic carbocycles. The zero-order chi connectivity index (χ0) is 12.7. The number of anilines is 1. The second-order valence-corrected chi connectivity index (χ2v) is 3.92. The van der Waals surface area contributed by atoms with Crippen molar-refractivity contribution in [1.82, 2.24) is 10.2 Å². The van der Waals surface area contributed by atoms with Crippen LogP contribution in [0.2, 0.25) is 0 Å². The molecule has 6 nitrogen and oxygen atoms in total. The minimum atomic E-state index is -0.474. The van der Waals surface area contributed by atoms with E-state index < -0.39 is 5.63 Å². The van der Waals surface area contributed by atoms with E-state index in [9.17, 15) is 4.79 Å². The largest absolute Gasteiger partial charge is 0.423 e. The average Bonchev–Trinajstić information content (AvgIpc) is 2.75. The molecule has 0 atom stereocenters. The quantitative estimate of drug-likeness (QED) is 0.654. The molecule has 0 radical (unpaired) electrons. The topological polar surface area (TPSA) is 95.2 Å². The molecule has 0 aliphatic heterocycles. The molecular formula is C12H9N3O3. The molecule has 0 aliphatic rings. The van der Waals surface area contributed by atoms with E-state index in [0.717, 1.165) is 10.9 Å². The fourth-order valence-electron chi connectivity index (χ4n) is 1.80. The molecule has 2 N–H and O–H groups in total. The summed E-state index contributed by atoms with van der Waals surface area (Å²) in [4.78, 5) is 11.5. The van der Waals surface area contributed by atoms with Crippen LogP contribution in [0.25, 0.3) is 22.4 Å². The van der Waals surface area contributed by atoms with Crippen molar-refractivity contribution in [1.29, 1.82) is 0 Å². The minimum absolute atomic E-state index is 0.0426. The first-order chi connectivity index (χ1) is 8.63. The summed E-state index contributed by atoms with van der Waals surface area (Å²) in [5, 5.41) is 8.10. The van der Waals surface area contributed by atoms with Gasteiger partial charge in [0.05, 0.1) is 5.56 Å². The molecule has 0 fully saturated rings. The Balaban J connectivity index is 2.40. The number of aromatic nitrogens is 2. The average molecular weight is 243 g/mol. The Kier molecular flexibility index (Phi) is 2.16. The predicted octanol–water partition coefficient (Wildman–Crippen LogP) is 1.73. The molecule has 90 valence electrons. The first-order valence-electron chi connectivity index (χ1n) is 5.27. The monoisotopic (exact) mass is 243 g/mol. The number of fused-ring (bicyclic) bond motifs is 1. The van der Waals surface area contributed by atoms with Crippen LogP contribution in [0.1, 0.15) is 5.56 Å². The zero-order valence-electron chi connectivity index (χ0n) is 9.51. The molecule has 0 amide bonds. The number of nitrogens with two attached hydrogens (primary N) is 1. The molecule has 0 unspecified atom stereocenters. The fraction of sp³-hybridized carbons (Fsp3) is 0.0833. The van der Waals surface area contributed by atoms with Gasteiger partial charge >= 0.3 is 11.6 Å². The molecule has 6 heteroatoms. The van der Waals surface area contributed by atoms with Crippen LogP contribution < -0.4 is 11.4 Å². The summed E-state index contributed by atoms with van der Waals surface area (Å²) in [5.74, 6) is 0.205. The van der Waals surface area contributed by atoms with Gasteiger partial charge in [-0.3, -0.25) is 0 Å². The van der Waals surface area contributed by atoms with Crippen molar-refractivity contribution >= 4 is 17.0 Å². The van der Waals surface area contributed by atoms with Crippen LogP contribution in [0.5, 0.6) is 0 Å². The summed E-state index contributed by atoms with van der Waals surface area (Å²) < 4.78 is 10.3. The lowest BCUT2D eigenvalue weighted by Crippen LogP contribution is -1.98. The van der Waals surface area contributed by atoms with E-state index in [1.165, 1.54) is 6.07 Å². The molecule has 0 saturated carbocycles. The highest BCUT2D eigenvalue weighted by molar-refractivity contribution is 5.91. The number of hydrogen-bond acceptors (Lipinski definition) is 6. The maximum absolute atomic E-state index is 11.5. The Morgan fingerprint density at radius 1 is 1.17 bits per heavy atom. The Morgan fingerprint density at radius 2 is 2.00 bits per heavy atom. The minimum Gasteiger partial charge on any atom is -0.423 e. The highest BCUT2D eigenvalue weighted by Gasteiger charge is 2.13. The smallest absolute Gasteiger partial charge is 0.337 e. The van der Waals surface area contributed by atoms with Gasteiger partial charge in [0.2, 0.25) is 0 Å². The van der Waals surface area contributed by atoms with Crippen LogP contribution >= 0.6 is 0 Å². The maximum atomic E-state index is 11.5. The van der Waals surface area contributed by atoms with E-state index in [4.69, 9.17) is 14.6 Å². The Hall–Kier alpha value is -2.63. The summed E-state index contributed by atoms with van der Waals surface area (Å²) in [6.07, 6.45) is 0. The van der Waals surface area contributed by atoms with Crippen molar-refractivity contribution in [2.45, 2.75) is 6.92 Å². The highest BCUT2D eigenvalue weighted by atomic mass is 16.4. The highest BCUT2D eigenvalue weighted by Crippen LogP contribution is 2.27. The van der Waals surface area contributed by atoms with Crippen LogP contribution in [0.3, 0.4) is 0 Å². The first kappa shape index (κ1) is 10.5. The van der Waals surface area contributed by atoms with E-state index in [-0.39, 0.29) is 11.9 Å². The van der Waals surface area contributed by atoms with Crippen molar-refractivity contribution in [2.75, 3.05) is 5.73 Å². The third-order valence-corrected chi connectivity index (χ3v) is 2.57. The molecule has 2 aromatic heterocycles. The molecule has 18 heavy (non-hydrogen) atoms. The molecule has 0 spiro atoms. The van der Waals surface area contributed by atoms with Gasteiger partial charge in [0.1, 0.15) is 5.58 Å². The Morgan fingerprint density at radius 3 is 2.72 bits per heavy atom. The van der Waals surface area contributed by atoms with E-state index in [2.05, 4.69) is 10.2 Å². The molecule has 3 rings (SSSR count). The predicted molar refractivity (Wildman–Crippen MR) is 64.9 cm³/mol. The number of aryl methyl sites for hydroxylation is 1. The summed E-state index contributed by atoms with van der Waals surface area (Å²) in [6, 6.07) is 6.74. The summed E-state index contributed by atoms with van der Waals surface area (Å²) >= 11 is 0. The molecule has 0 bridgehead atoms. The van der Waals surface area contributed by atoms with Crippen LogP contribution in [-0.4, -0.2) is 10.2 Å². The SMILES string of the molecule is Cc1ccc2oc(=O)cc(-c3nnc(N)o3)c2c1. The van der Waals surface area contributed by atoms with Gasteiger partial charge in [-0.15, -0.1) is 5.10 Å². The van der Waals surface area contributed by atoms with Crippen molar-refractivity contribution in [2.24, 2.45) is 0 Å². The third kappa shape index (κ3) is 1.64. The van der Waals surface area contributed by atoms with Crippen LogP contribution in [-0.2, 0) is 0 Å². The number of rotatable bonds is 1. The lowest BCUT2D eigenvalue weighted by Gasteiger charge is -2.02. The second-order valence-electron chi connectivity index (χ2n) is 3.92. The van der Waals surface area contributed by atoms with Gasteiger partial charge in [0.15, 0.2) is 0 Å². The lowest BCUT2D eigenvalue weighted by atomic mass is 10.1. The zero-order valence-corrected chi connectivity index (χ0v) is 9.51. The normalized spacial score (nSPS) is 10.9. The van der Waals surface area contributed by atoms with Gasteiger partial charge in [0, 0.05) is 11.5 Å². The summed E-state index contributed by atoms with van der Waals surface area (Å²) in [5.41, 5.74) is 6.94. The van der Waals surface area contributed by atoms with Gasteiger partial charge in [-0.25, -0.2) is 4.79 Å². The summed E-state index contributed by atoms with van der Waals surface area (Å²) in [7, 11) is 0. The molecule has 2 heterocycles. The van der Waals surface area contributed by atoms with Gasteiger partial charge in [0.25, 0.3) is 5.89 Å². The van der Waals surface area contributed by atoms with Gasteiger partial charge < -0.3 is 14.6 Å². The lowest BCUT2D eigenvalue weighted by molar-refractivity contribution is 0.557. The van der Waals surface area contributed by atoms with Crippen molar-refractivity contribution in [3.8, 4) is 11.5 Å². The summed E-state index contributed by atoms with van der Waals surface area (Å²) in [6.45, 7) is 1.94. The molecule has 0 saturated heterocycles. The Labute approximate surface area is 101 Å².